The summed E-state index contributed by atoms with van der Waals surface area (Å²) in [6, 6.07) is 0. The van der Waals surface area contributed by atoms with E-state index in [1.807, 2.05) is 4.90 Å². The maximum Gasteiger partial charge on any atom is 0.417 e. The number of nitrogens with zero attached hydrogens (tertiary/aromatic N) is 4. The second-order valence-corrected chi connectivity index (χ2v) is 6.65. The molecule has 0 aliphatic carbocycles. The average Bonchev–Trinajstić information content (AvgIpc) is 2.67. The van der Waals surface area contributed by atoms with Crippen LogP contribution in [0.4, 0.5) is 13.2 Å². The highest BCUT2D eigenvalue weighted by molar-refractivity contribution is 4.99. The van der Waals surface area contributed by atoms with Crippen molar-refractivity contribution in [2.24, 2.45) is 0 Å². The zero-order valence-corrected chi connectivity index (χ0v) is 13.1. The molecule has 1 atom stereocenters. The standard InChI is InChI=1S/C15H23F3N4O/c16-15(17,18)14(23)6-4-8-21(10-7-14)11-13-20-19-12-5-2-1-3-9-22(12)13/h23H,1-11H2. The lowest BCUT2D eigenvalue weighted by atomic mass is 9.94. The quantitative estimate of drug-likeness (QED) is 0.903. The summed E-state index contributed by atoms with van der Waals surface area (Å²) in [6.07, 6.45) is -0.452. The van der Waals surface area contributed by atoms with Gasteiger partial charge in [0.15, 0.2) is 5.60 Å². The van der Waals surface area contributed by atoms with Crippen molar-refractivity contribution in [2.75, 3.05) is 13.1 Å². The molecule has 0 spiro atoms. The lowest BCUT2D eigenvalue weighted by Gasteiger charge is -2.29. The largest absolute Gasteiger partial charge is 0.417 e. The summed E-state index contributed by atoms with van der Waals surface area (Å²) in [5.41, 5.74) is -2.55. The van der Waals surface area contributed by atoms with Gasteiger partial charge in [0.05, 0.1) is 6.54 Å². The zero-order chi connectivity index (χ0) is 16.5. The van der Waals surface area contributed by atoms with E-state index in [0.29, 0.717) is 19.5 Å². The number of alkyl halides is 3. The van der Waals surface area contributed by atoms with Crippen molar-refractivity contribution in [2.45, 2.75) is 69.8 Å². The molecular weight excluding hydrogens is 309 g/mol. The van der Waals surface area contributed by atoms with Gasteiger partial charge < -0.3 is 9.67 Å². The Morgan fingerprint density at radius 3 is 2.61 bits per heavy atom. The van der Waals surface area contributed by atoms with Crippen molar-refractivity contribution in [1.29, 1.82) is 0 Å². The van der Waals surface area contributed by atoms with Crippen molar-refractivity contribution >= 4 is 0 Å². The van der Waals surface area contributed by atoms with Crippen LogP contribution in [-0.4, -0.2) is 49.6 Å². The minimum atomic E-state index is -4.56. The van der Waals surface area contributed by atoms with Crippen molar-refractivity contribution in [3.63, 3.8) is 0 Å². The second-order valence-electron chi connectivity index (χ2n) is 6.65. The van der Waals surface area contributed by atoms with Crippen LogP contribution in [0.15, 0.2) is 0 Å². The highest BCUT2D eigenvalue weighted by Gasteiger charge is 2.53. The van der Waals surface area contributed by atoms with Crippen LogP contribution in [0, 0.1) is 0 Å². The molecule has 1 aromatic rings. The Morgan fingerprint density at radius 1 is 1.00 bits per heavy atom. The van der Waals surface area contributed by atoms with E-state index in [2.05, 4.69) is 14.8 Å². The molecule has 2 aliphatic rings. The number of aliphatic hydroxyl groups is 1. The summed E-state index contributed by atoms with van der Waals surface area (Å²) < 4.78 is 41.1. The van der Waals surface area contributed by atoms with E-state index in [0.717, 1.165) is 37.5 Å². The van der Waals surface area contributed by atoms with Gasteiger partial charge in [0.2, 0.25) is 0 Å². The third kappa shape index (κ3) is 3.52. The Balaban J connectivity index is 1.67. The number of aryl methyl sites for hydroxylation is 1. The molecular formula is C15H23F3N4O. The number of halogens is 3. The van der Waals surface area contributed by atoms with E-state index in [-0.39, 0.29) is 19.4 Å². The molecule has 3 heterocycles. The van der Waals surface area contributed by atoms with Crippen molar-refractivity contribution in [3.05, 3.63) is 11.6 Å². The minimum absolute atomic E-state index is 0.220. The van der Waals surface area contributed by atoms with Crippen LogP contribution >= 0.6 is 0 Å². The van der Waals surface area contributed by atoms with E-state index < -0.39 is 11.8 Å². The number of fused-ring (bicyclic) bond motifs is 1. The molecule has 1 saturated heterocycles. The Morgan fingerprint density at radius 2 is 1.83 bits per heavy atom. The fourth-order valence-corrected chi connectivity index (χ4v) is 3.48. The number of aromatic nitrogens is 3. The second kappa shape index (κ2) is 6.39. The fraction of sp³-hybridized carbons (Fsp3) is 0.867. The molecule has 23 heavy (non-hydrogen) atoms. The normalized spacial score (nSPS) is 27.3. The molecule has 0 amide bonds. The number of hydrogen-bond donors (Lipinski definition) is 1. The Hall–Kier alpha value is -1.15. The van der Waals surface area contributed by atoms with Gasteiger partial charge in [-0.05, 0) is 38.6 Å². The van der Waals surface area contributed by atoms with Gasteiger partial charge in [-0.2, -0.15) is 13.2 Å². The van der Waals surface area contributed by atoms with Crippen LogP contribution in [0.5, 0.6) is 0 Å². The molecule has 0 bridgehead atoms. The van der Waals surface area contributed by atoms with Gasteiger partial charge >= 0.3 is 6.18 Å². The van der Waals surface area contributed by atoms with E-state index in [1.54, 1.807) is 0 Å². The smallest absolute Gasteiger partial charge is 0.380 e. The molecule has 130 valence electrons. The van der Waals surface area contributed by atoms with Gasteiger partial charge in [0, 0.05) is 19.5 Å². The SMILES string of the molecule is OC1(C(F)(F)F)CCCN(Cc2nnc3n2CCCCC3)CC1. The van der Waals surface area contributed by atoms with Crippen molar-refractivity contribution in [3.8, 4) is 0 Å². The Kier molecular flexibility index (Phi) is 4.64. The summed E-state index contributed by atoms with van der Waals surface area (Å²) in [7, 11) is 0. The first-order valence-corrected chi connectivity index (χ1v) is 8.31. The van der Waals surface area contributed by atoms with Crippen LogP contribution in [-0.2, 0) is 19.5 Å². The Labute approximate surface area is 133 Å². The molecule has 2 aliphatic heterocycles. The molecule has 1 aromatic heterocycles. The van der Waals surface area contributed by atoms with Gasteiger partial charge in [-0.15, -0.1) is 10.2 Å². The summed E-state index contributed by atoms with van der Waals surface area (Å²) in [5.74, 6) is 1.82. The van der Waals surface area contributed by atoms with E-state index in [4.69, 9.17) is 0 Å². The predicted molar refractivity (Wildman–Crippen MR) is 77.7 cm³/mol. The van der Waals surface area contributed by atoms with Gasteiger partial charge in [0.25, 0.3) is 0 Å². The maximum atomic E-state index is 13.0. The molecule has 8 heteroatoms. The van der Waals surface area contributed by atoms with Crippen molar-refractivity contribution in [1.82, 2.24) is 19.7 Å². The number of likely N-dealkylation sites (tertiary alicyclic amines) is 1. The highest BCUT2D eigenvalue weighted by Crippen LogP contribution is 2.38. The molecule has 1 unspecified atom stereocenters. The average molecular weight is 332 g/mol. The first-order valence-electron chi connectivity index (χ1n) is 8.31. The molecule has 5 nitrogen and oxygen atoms in total. The third-order valence-corrected chi connectivity index (χ3v) is 4.99. The molecule has 0 aromatic carbocycles. The van der Waals surface area contributed by atoms with Crippen LogP contribution < -0.4 is 0 Å². The summed E-state index contributed by atoms with van der Waals surface area (Å²) in [6.45, 7) is 2.15. The first kappa shape index (κ1) is 16.7. The van der Waals surface area contributed by atoms with Crippen LogP contribution in [0.3, 0.4) is 0 Å². The summed E-state index contributed by atoms with van der Waals surface area (Å²) >= 11 is 0. The molecule has 1 fully saturated rings. The highest BCUT2D eigenvalue weighted by atomic mass is 19.4. The summed E-state index contributed by atoms with van der Waals surface area (Å²) in [5, 5.41) is 18.3. The van der Waals surface area contributed by atoms with E-state index in [1.165, 1.54) is 6.42 Å². The lowest BCUT2D eigenvalue weighted by molar-refractivity contribution is -0.263. The number of rotatable bonds is 2. The van der Waals surface area contributed by atoms with Crippen LogP contribution in [0.2, 0.25) is 0 Å². The van der Waals surface area contributed by atoms with Gasteiger partial charge in [-0.25, -0.2) is 0 Å². The zero-order valence-electron chi connectivity index (χ0n) is 13.1. The monoisotopic (exact) mass is 332 g/mol. The van der Waals surface area contributed by atoms with Crippen LogP contribution in [0.1, 0.15) is 50.2 Å². The van der Waals surface area contributed by atoms with Gasteiger partial charge in [-0.1, -0.05) is 6.42 Å². The van der Waals surface area contributed by atoms with Gasteiger partial charge in [0.1, 0.15) is 11.6 Å². The maximum absolute atomic E-state index is 13.0. The first-order chi connectivity index (χ1) is 10.9. The summed E-state index contributed by atoms with van der Waals surface area (Å²) in [4.78, 5) is 1.95. The van der Waals surface area contributed by atoms with E-state index in [9.17, 15) is 18.3 Å². The lowest BCUT2D eigenvalue weighted by Crippen LogP contribution is -2.45. The topological polar surface area (TPSA) is 54.2 Å². The molecule has 1 N–H and O–H groups in total. The fourth-order valence-electron chi connectivity index (χ4n) is 3.48. The Bertz CT molecular complexity index is 545. The van der Waals surface area contributed by atoms with Gasteiger partial charge in [-0.3, -0.25) is 4.90 Å². The van der Waals surface area contributed by atoms with E-state index >= 15 is 0 Å². The molecule has 0 radical (unpaired) electrons. The molecule has 0 saturated carbocycles. The minimum Gasteiger partial charge on any atom is -0.380 e. The van der Waals surface area contributed by atoms with Crippen molar-refractivity contribution < 1.29 is 18.3 Å². The molecule has 3 rings (SSSR count). The third-order valence-electron chi connectivity index (χ3n) is 4.99. The van der Waals surface area contributed by atoms with Crippen LogP contribution in [0.25, 0.3) is 0 Å². The number of hydrogen-bond acceptors (Lipinski definition) is 4. The predicted octanol–water partition coefficient (Wildman–Crippen LogP) is 2.28.